The first-order valence-electron chi connectivity index (χ1n) is 6.94. The molecule has 0 fully saturated rings. The summed E-state index contributed by atoms with van der Waals surface area (Å²) >= 11 is 3.43. The number of halogens is 1. The Morgan fingerprint density at radius 2 is 1.79 bits per heavy atom. The number of hydrogen-bond donors (Lipinski definition) is 1. The molecule has 4 heteroatoms. The molecule has 0 aliphatic rings. The summed E-state index contributed by atoms with van der Waals surface area (Å²) in [6.07, 6.45) is 2.80. The summed E-state index contributed by atoms with van der Waals surface area (Å²) in [5.74, 6) is 0.0732. The maximum atomic E-state index is 11.9. The van der Waals surface area contributed by atoms with E-state index in [9.17, 15) is 4.79 Å². The van der Waals surface area contributed by atoms with E-state index in [-0.39, 0.29) is 5.91 Å². The van der Waals surface area contributed by atoms with E-state index in [0.717, 1.165) is 42.6 Å². The highest BCUT2D eigenvalue weighted by molar-refractivity contribution is 9.10. The van der Waals surface area contributed by atoms with E-state index in [1.807, 2.05) is 24.3 Å². The van der Waals surface area contributed by atoms with E-state index in [4.69, 9.17) is 0 Å². The molecular weight excluding hydrogens is 304 g/mol. The number of nitrogens with one attached hydrogen (secondary N) is 1. The Hall–Kier alpha value is -0.870. The average Bonchev–Trinajstić information content (AvgIpc) is 2.39. The maximum absolute atomic E-state index is 11.9. The predicted octanol–water partition coefficient (Wildman–Crippen LogP) is 3.90. The fourth-order valence-corrected chi connectivity index (χ4v) is 2.39. The standard InChI is InChI=1S/C15H23BrN2O/c1-3-10-18(11-4-2)12-9-15(19)17-14-8-6-5-7-13(14)16/h5-8H,3-4,9-12H2,1-2H3,(H,17,19). The second-order valence-corrected chi connectivity index (χ2v) is 5.47. The van der Waals surface area contributed by atoms with Gasteiger partial charge < -0.3 is 10.2 Å². The molecule has 1 aromatic rings. The molecule has 0 aromatic heterocycles. The molecule has 0 radical (unpaired) electrons. The lowest BCUT2D eigenvalue weighted by Crippen LogP contribution is -2.29. The van der Waals surface area contributed by atoms with Crippen LogP contribution >= 0.6 is 15.9 Å². The molecule has 106 valence electrons. The average molecular weight is 327 g/mol. The van der Waals surface area contributed by atoms with Gasteiger partial charge in [0.25, 0.3) is 0 Å². The van der Waals surface area contributed by atoms with Crippen LogP contribution in [0.4, 0.5) is 5.69 Å². The van der Waals surface area contributed by atoms with Gasteiger partial charge in [0, 0.05) is 17.4 Å². The lowest BCUT2D eigenvalue weighted by molar-refractivity contribution is -0.116. The first-order valence-corrected chi connectivity index (χ1v) is 7.73. The van der Waals surface area contributed by atoms with Gasteiger partial charge in [0.1, 0.15) is 0 Å². The third-order valence-electron chi connectivity index (χ3n) is 2.88. The van der Waals surface area contributed by atoms with Crippen LogP contribution in [0.25, 0.3) is 0 Å². The summed E-state index contributed by atoms with van der Waals surface area (Å²) in [5.41, 5.74) is 0.838. The van der Waals surface area contributed by atoms with Gasteiger partial charge >= 0.3 is 0 Å². The van der Waals surface area contributed by atoms with Crippen LogP contribution in [0.1, 0.15) is 33.1 Å². The molecule has 0 bridgehead atoms. The van der Waals surface area contributed by atoms with Crippen LogP contribution in [0.15, 0.2) is 28.7 Å². The second-order valence-electron chi connectivity index (χ2n) is 4.62. The second kappa shape index (κ2) is 9.10. The van der Waals surface area contributed by atoms with Gasteiger partial charge in [-0.3, -0.25) is 4.79 Å². The van der Waals surface area contributed by atoms with E-state index in [0.29, 0.717) is 6.42 Å². The van der Waals surface area contributed by atoms with Gasteiger partial charge in [-0.05, 0) is 54.0 Å². The smallest absolute Gasteiger partial charge is 0.225 e. The van der Waals surface area contributed by atoms with E-state index in [2.05, 4.69) is 40.0 Å². The van der Waals surface area contributed by atoms with Crippen molar-refractivity contribution in [1.82, 2.24) is 4.90 Å². The van der Waals surface area contributed by atoms with Crippen LogP contribution in [0, 0.1) is 0 Å². The van der Waals surface area contributed by atoms with Crippen LogP contribution in [-0.2, 0) is 4.79 Å². The van der Waals surface area contributed by atoms with E-state index in [1.165, 1.54) is 0 Å². The summed E-state index contributed by atoms with van der Waals surface area (Å²) in [5, 5.41) is 2.94. The molecule has 0 heterocycles. The van der Waals surface area contributed by atoms with E-state index >= 15 is 0 Å². The molecule has 0 unspecified atom stereocenters. The minimum Gasteiger partial charge on any atom is -0.325 e. The fourth-order valence-electron chi connectivity index (χ4n) is 2.00. The Kier molecular flexibility index (Phi) is 7.75. The van der Waals surface area contributed by atoms with Crippen molar-refractivity contribution in [1.29, 1.82) is 0 Å². The van der Waals surface area contributed by atoms with E-state index < -0.39 is 0 Å². The van der Waals surface area contributed by atoms with Crippen molar-refractivity contribution in [3.8, 4) is 0 Å². The molecule has 0 aliphatic heterocycles. The Bertz CT molecular complexity index is 389. The first kappa shape index (κ1) is 16.2. The first-order chi connectivity index (χ1) is 9.17. The van der Waals surface area contributed by atoms with Crippen molar-refractivity contribution in [3.63, 3.8) is 0 Å². The van der Waals surface area contributed by atoms with Gasteiger partial charge in [0.2, 0.25) is 5.91 Å². The highest BCUT2D eigenvalue weighted by Gasteiger charge is 2.08. The molecule has 0 saturated heterocycles. The quantitative estimate of drug-likeness (QED) is 0.785. The van der Waals surface area contributed by atoms with Gasteiger partial charge in [0.15, 0.2) is 0 Å². The summed E-state index contributed by atoms with van der Waals surface area (Å²) in [6.45, 7) is 7.30. The Balaban J connectivity index is 2.40. The predicted molar refractivity (Wildman–Crippen MR) is 84.4 cm³/mol. The minimum atomic E-state index is 0.0732. The highest BCUT2D eigenvalue weighted by Crippen LogP contribution is 2.21. The van der Waals surface area contributed by atoms with Gasteiger partial charge in [-0.15, -0.1) is 0 Å². The fraction of sp³-hybridized carbons (Fsp3) is 0.533. The van der Waals surface area contributed by atoms with Crippen molar-refractivity contribution in [2.45, 2.75) is 33.1 Å². The Labute approximate surface area is 124 Å². The lowest BCUT2D eigenvalue weighted by atomic mass is 10.3. The number of carbonyl (C=O) groups is 1. The molecule has 1 aromatic carbocycles. The van der Waals surface area contributed by atoms with Crippen molar-refractivity contribution in [2.24, 2.45) is 0 Å². The molecule has 1 N–H and O–H groups in total. The van der Waals surface area contributed by atoms with E-state index in [1.54, 1.807) is 0 Å². The molecule has 0 atom stereocenters. The van der Waals surface area contributed by atoms with Gasteiger partial charge in [-0.1, -0.05) is 26.0 Å². The van der Waals surface area contributed by atoms with Crippen molar-refractivity contribution in [2.75, 3.05) is 25.0 Å². The lowest BCUT2D eigenvalue weighted by Gasteiger charge is -2.20. The van der Waals surface area contributed by atoms with Gasteiger partial charge in [-0.25, -0.2) is 0 Å². The largest absolute Gasteiger partial charge is 0.325 e. The summed E-state index contributed by atoms with van der Waals surface area (Å²) in [6, 6.07) is 7.68. The minimum absolute atomic E-state index is 0.0732. The summed E-state index contributed by atoms with van der Waals surface area (Å²) < 4.78 is 0.919. The van der Waals surface area contributed by atoms with Gasteiger partial charge in [-0.2, -0.15) is 0 Å². The third kappa shape index (κ3) is 6.21. The molecule has 0 saturated carbocycles. The number of carbonyl (C=O) groups excluding carboxylic acids is 1. The van der Waals surface area contributed by atoms with Crippen LogP contribution in [0.5, 0.6) is 0 Å². The van der Waals surface area contributed by atoms with Crippen molar-refractivity contribution < 1.29 is 4.79 Å². The Morgan fingerprint density at radius 1 is 1.16 bits per heavy atom. The maximum Gasteiger partial charge on any atom is 0.225 e. The van der Waals surface area contributed by atoms with Crippen LogP contribution in [0.2, 0.25) is 0 Å². The number of hydrogen-bond acceptors (Lipinski definition) is 2. The normalized spacial score (nSPS) is 10.7. The SMILES string of the molecule is CCCN(CCC)CCC(=O)Nc1ccccc1Br. The number of amides is 1. The number of rotatable bonds is 8. The molecule has 1 rings (SSSR count). The molecular formula is C15H23BrN2O. The molecule has 3 nitrogen and oxygen atoms in total. The topological polar surface area (TPSA) is 32.3 Å². The number of benzene rings is 1. The molecule has 1 amide bonds. The number of anilines is 1. The molecule has 19 heavy (non-hydrogen) atoms. The van der Waals surface area contributed by atoms with Crippen molar-refractivity contribution in [3.05, 3.63) is 28.7 Å². The van der Waals surface area contributed by atoms with Gasteiger partial charge in [0.05, 0.1) is 5.69 Å². The zero-order valence-electron chi connectivity index (χ0n) is 11.8. The van der Waals surface area contributed by atoms with Crippen molar-refractivity contribution >= 4 is 27.5 Å². The zero-order valence-corrected chi connectivity index (χ0v) is 13.4. The summed E-state index contributed by atoms with van der Waals surface area (Å²) in [4.78, 5) is 14.3. The molecule has 0 spiro atoms. The summed E-state index contributed by atoms with van der Waals surface area (Å²) in [7, 11) is 0. The third-order valence-corrected chi connectivity index (χ3v) is 3.57. The van der Waals surface area contributed by atoms with Crippen LogP contribution in [0.3, 0.4) is 0 Å². The highest BCUT2D eigenvalue weighted by atomic mass is 79.9. The zero-order chi connectivity index (χ0) is 14.1. The molecule has 0 aliphatic carbocycles. The van der Waals surface area contributed by atoms with Crippen LogP contribution < -0.4 is 5.32 Å². The van der Waals surface area contributed by atoms with Crippen LogP contribution in [-0.4, -0.2) is 30.4 Å². The monoisotopic (exact) mass is 326 g/mol. The number of nitrogens with zero attached hydrogens (tertiary/aromatic N) is 1. The Morgan fingerprint density at radius 3 is 2.37 bits per heavy atom. The number of para-hydroxylation sites is 1.